The standard InChI is InChI=1S/C19H32O5Si/c1-6-21-25(22-7-2,23-8-3)13-9-10-16-11-12-18-17(14-16)15-20-19(4,5)24-18/h11-12,14H,6-10,13,15H2,1-5H3. The first kappa shape index (κ1) is 20.4. The van der Waals surface area contributed by atoms with Crippen LogP contribution in [0.2, 0.25) is 6.04 Å². The number of benzene rings is 1. The molecule has 0 bridgehead atoms. The molecule has 0 aromatic heterocycles. The first-order valence-corrected chi connectivity index (χ1v) is 11.2. The summed E-state index contributed by atoms with van der Waals surface area (Å²) in [5.74, 6) is 0.369. The normalized spacial score (nSPS) is 16.4. The van der Waals surface area contributed by atoms with Gasteiger partial charge < -0.3 is 22.8 Å². The van der Waals surface area contributed by atoms with Crippen molar-refractivity contribution in [3.8, 4) is 5.75 Å². The van der Waals surface area contributed by atoms with Crippen molar-refractivity contribution in [1.82, 2.24) is 0 Å². The average molecular weight is 369 g/mol. The van der Waals surface area contributed by atoms with E-state index in [1.54, 1.807) is 0 Å². The van der Waals surface area contributed by atoms with Crippen molar-refractivity contribution in [2.75, 3.05) is 19.8 Å². The average Bonchev–Trinajstić information content (AvgIpc) is 2.55. The van der Waals surface area contributed by atoms with E-state index in [2.05, 4.69) is 12.1 Å². The molecule has 0 saturated heterocycles. The summed E-state index contributed by atoms with van der Waals surface area (Å²) >= 11 is 0. The summed E-state index contributed by atoms with van der Waals surface area (Å²) in [7, 11) is -2.55. The molecule has 1 aromatic rings. The second-order valence-corrected chi connectivity index (χ2v) is 9.30. The number of fused-ring (bicyclic) bond motifs is 1. The fraction of sp³-hybridized carbons (Fsp3) is 0.684. The van der Waals surface area contributed by atoms with E-state index >= 15 is 0 Å². The summed E-state index contributed by atoms with van der Waals surface area (Å²) in [5.41, 5.74) is 2.39. The third-order valence-electron chi connectivity index (χ3n) is 4.10. The van der Waals surface area contributed by atoms with E-state index in [9.17, 15) is 0 Å². The summed E-state index contributed by atoms with van der Waals surface area (Å²) < 4.78 is 29.3. The van der Waals surface area contributed by atoms with E-state index in [1.807, 2.05) is 40.7 Å². The van der Waals surface area contributed by atoms with Gasteiger partial charge in [0.05, 0.1) is 6.61 Å². The molecule has 142 valence electrons. The fourth-order valence-electron chi connectivity index (χ4n) is 3.06. The molecule has 1 aromatic carbocycles. The molecule has 2 rings (SSSR count). The lowest BCUT2D eigenvalue weighted by Gasteiger charge is -2.32. The SMILES string of the molecule is CCO[Si](CCCc1ccc2c(c1)COC(C)(C)O2)(OCC)OCC. The second kappa shape index (κ2) is 9.14. The van der Waals surface area contributed by atoms with Crippen molar-refractivity contribution in [3.63, 3.8) is 0 Å². The molecule has 0 aliphatic carbocycles. The van der Waals surface area contributed by atoms with Crippen LogP contribution in [0.4, 0.5) is 0 Å². The quantitative estimate of drug-likeness (QED) is 0.576. The van der Waals surface area contributed by atoms with Gasteiger partial charge in [0, 0.05) is 45.3 Å². The molecule has 0 saturated carbocycles. The van der Waals surface area contributed by atoms with Crippen molar-refractivity contribution in [2.45, 2.75) is 65.9 Å². The van der Waals surface area contributed by atoms with Crippen LogP contribution >= 0.6 is 0 Å². The smallest absolute Gasteiger partial charge is 0.463 e. The molecule has 0 radical (unpaired) electrons. The second-order valence-electron chi connectivity index (χ2n) is 6.57. The highest BCUT2D eigenvalue weighted by Crippen LogP contribution is 2.32. The van der Waals surface area contributed by atoms with Crippen LogP contribution in [0.25, 0.3) is 0 Å². The van der Waals surface area contributed by atoms with Gasteiger partial charge in [0.1, 0.15) is 5.75 Å². The van der Waals surface area contributed by atoms with Crippen molar-refractivity contribution >= 4 is 8.80 Å². The Morgan fingerprint density at radius 2 is 1.68 bits per heavy atom. The zero-order valence-electron chi connectivity index (χ0n) is 16.2. The zero-order valence-corrected chi connectivity index (χ0v) is 17.2. The largest absolute Gasteiger partial charge is 0.500 e. The Bertz CT molecular complexity index is 530. The van der Waals surface area contributed by atoms with Crippen molar-refractivity contribution < 1.29 is 22.8 Å². The van der Waals surface area contributed by atoms with Crippen LogP contribution in [0.15, 0.2) is 18.2 Å². The van der Waals surface area contributed by atoms with Gasteiger partial charge in [0.2, 0.25) is 5.79 Å². The molecule has 1 aliphatic heterocycles. The third kappa shape index (κ3) is 5.79. The minimum absolute atomic E-state index is 0.549. The lowest BCUT2D eigenvalue weighted by atomic mass is 10.1. The lowest BCUT2D eigenvalue weighted by molar-refractivity contribution is -0.180. The monoisotopic (exact) mass is 368 g/mol. The first-order chi connectivity index (χ1) is 11.9. The van der Waals surface area contributed by atoms with Crippen molar-refractivity contribution in [1.29, 1.82) is 0 Å². The van der Waals surface area contributed by atoms with Gasteiger partial charge in [0.15, 0.2) is 0 Å². The molecule has 0 unspecified atom stereocenters. The van der Waals surface area contributed by atoms with E-state index < -0.39 is 14.6 Å². The highest BCUT2D eigenvalue weighted by atomic mass is 28.4. The number of aryl methyl sites for hydroxylation is 1. The Balaban J connectivity index is 1.96. The van der Waals surface area contributed by atoms with E-state index in [-0.39, 0.29) is 0 Å². The van der Waals surface area contributed by atoms with E-state index in [0.717, 1.165) is 30.2 Å². The van der Waals surface area contributed by atoms with Gasteiger partial charge in [-0.1, -0.05) is 6.07 Å². The van der Waals surface area contributed by atoms with Crippen LogP contribution in [0.1, 0.15) is 52.2 Å². The highest BCUT2D eigenvalue weighted by molar-refractivity contribution is 6.60. The lowest BCUT2D eigenvalue weighted by Crippen LogP contribution is -2.46. The van der Waals surface area contributed by atoms with Gasteiger partial charge in [-0.05, 0) is 51.3 Å². The zero-order chi connectivity index (χ0) is 18.3. The number of hydrogen-bond donors (Lipinski definition) is 0. The summed E-state index contributed by atoms with van der Waals surface area (Å²) in [6.07, 6.45) is 1.93. The Morgan fingerprint density at radius 1 is 1.04 bits per heavy atom. The molecule has 0 N–H and O–H groups in total. The molecule has 1 heterocycles. The highest BCUT2D eigenvalue weighted by Gasteiger charge is 2.39. The number of ether oxygens (including phenoxy) is 2. The number of rotatable bonds is 10. The van der Waals surface area contributed by atoms with Crippen molar-refractivity contribution in [2.24, 2.45) is 0 Å². The van der Waals surface area contributed by atoms with Crippen LogP contribution in [0.3, 0.4) is 0 Å². The summed E-state index contributed by atoms with van der Waals surface area (Å²) in [6.45, 7) is 12.3. The van der Waals surface area contributed by atoms with E-state index in [0.29, 0.717) is 26.4 Å². The maximum absolute atomic E-state index is 5.92. The Kier molecular flexibility index (Phi) is 7.46. The molecule has 0 spiro atoms. The topological polar surface area (TPSA) is 46.2 Å². The maximum atomic E-state index is 5.92. The molecule has 0 atom stereocenters. The van der Waals surface area contributed by atoms with Crippen molar-refractivity contribution in [3.05, 3.63) is 29.3 Å². The van der Waals surface area contributed by atoms with Crippen LogP contribution < -0.4 is 4.74 Å². The maximum Gasteiger partial charge on any atom is 0.500 e. The summed E-state index contributed by atoms with van der Waals surface area (Å²) in [5, 5.41) is 0. The predicted molar refractivity (Wildman–Crippen MR) is 99.7 cm³/mol. The van der Waals surface area contributed by atoms with Gasteiger partial charge in [-0.2, -0.15) is 0 Å². The third-order valence-corrected chi connectivity index (χ3v) is 7.25. The molecular weight excluding hydrogens is 336 g/mol. The Morgan fingerprint density at radius 3 is 2.28 bits per heavy atom. The van der Waals surface area contributed by atoms with E-state index in [1.165, 1.54) is 5.56 Å². The molecule has 5 nitrogen and oxygen atoms in total. The Hall–Kier alpha value is -0.923. The van der Waals surface area contributed by atoms with Gasteiger partial charge in [-0.25, -0.2) is 0 Å². The molecule has 1 aliphatic rings. The van der Waals surface area contributed by atoms with Crippen LogP contribution in [-0.4, -0.2) is 34.4 Å². The molecule has 0 amide bonds. The van der Waals surface area contributed by atoms with Gasteiger partial charge in [0.25, 0.3) is 0 Å². The molecular formula is C19H32O5Si. The minimum Gasteiger partial charge on any atom is -0.463 e. The first-order valence-electron chi connectivity index (χ1n) is 9.30. The minimum atomic E-state index is -2.55. The van der Waals surface area contributed by atoms with Crippen LogP contribution in [0.5, 0.6) is 5.75 Å². The molecule has 0 fully saturated rings. The summed E-state index contributed by atoms with van der Waals surface area (Å²) in [4.78, 5) is 0. The summed E-state index contributed by atoms with van der Waals surface area (Å²) in [6, 6.07) is 7.19. The van der Waals surface area contributed by atoms with E-state index in [4.69, 9.17) is 22.8 Å². The molecule has 25 heavy (non-hydrogen) atoms. The van der Waals surface area contributed by atoms with Crippen LogP contribution in [0, 0.1) is 0 Å². The fourth-order valence-corrected chi connectivity index (χ4v) is 5.67. The number of hydrogen-bond acceptors (Lipinski definition) is 5. The van der Waals surface area contributed by atoms with Crippen LogP contribution in [-0.2, 0) is 31.0 Å². The Labute approximate surface area is 152 Å². The molecule has 6 heteroatoms. The van der Waals surface area contributed by atoms with Gasteiger partial charge in [-0.15, -0.1) is 0 Å². The van der Waals surface area contributed by atoms with Gasteiger partial charge >= 0.3 is 8.80 Å². The predicted octanol–water partition coefficient (Wildman–Crippen LogP) is 4.31. The van der Waals surface area contributed by atoms with Gasteiger partial charge in [-0.3, -0.25) is 0 Å².